The minimum absolute atomic E-state index is 0.117. The molecule has 0 unspecified atom stereocenters. The zero-order chi connectivity index (χ0) is 16.8. The van der Waals surface area contributed by atoms with Crippen LogP contribution >= 0.6 is 0 Å². The lowest BCUT2D eigenvalue weighted by Gasteiger charge is -2.19. The fraction of sp³-hybridized carbons (Fsp3) is 0.222. The Hall–Kier alpha value is -3.20. The van der Waals surface area contributed by atoms with Crippen molar-refractivity contribution < 1.29 is 14.3 Å². The van der Waals surface area contributed by atoms with Gasteiger partial charge >= 0.3 is 0 Å². The maximum atomic E-state index is 12.0. The van der Waals surface area contributed by atoms with E-state index >= 15 is 0 Å². The molecule has 0 radical (unpaired) electrons. The Morgan fingerprint density at radius 1 is 1.12 bits per heavy atom. The van der Waals surface area contributed by atoms with Gasteiger partial charge in [0.1, 0.15) is 19.3 Å². The fourth-order valence-corrected chi connectivity index (χ4v) is 2.39. The summed E-state index contributed by atoms with van der Waals surface area (Å²) in [4.78, 5) is 12.0. The molecule has 3 rings (SSSR count). The highest BCUT2D eigenvalue weighted by molar-refractivity contribution is 5.91. The average Bonchev–Trinajstić information content (AvgIpc) is 2.62. The standard InChI is InChI=1S/C18H17N3O3/c19-12-13-3-1-2-4-15(13)20-8-7-18(22)21-14-5-6-16-17(11-14)24-10-9-23-16/h1-6,11,20H,7-10H2,(H,21,22). The Morgan fingerprint density at radius 3 is 2.75 bits per heavy atom. The Kier molecular flexibility index (Phi) is 4.82. The second-order valence-electron chi connectivity index (χ2n) is 5.24. The van der Waals surface area contributed by atoms with Crippen molar-refractivity contribution in [2.45, 2.75) is 6.42 Å². The smallest absolute Gasteiger partial charge is 0.226 e. The molecule has 0 aliphatic carbocycles. The number of anilines is 2. The number of hydrogen-bond acceptors (Lipinski definition) is 5. The molecule has 1 aliphatic heterocycles. The summed E-state index contributed by atoms with van der Waals surface area (Å²) in [6.45, 7) is 1.48. The van der Waals surface area contributed by atoms with E-state index in [9.17, 15) is 4.79 Å². The molecule has 0 saturated carbocycles. The number of nitrogens with one attached hydrogen (secondary N) is 2. The predicted octanol–water partition coefficient (Wildman–Crippen LogP) is 2.77. The maximum Gasteiger partial charge on any atom is 0.226 e. The minimum atomic E-state index is -0.117. The predicted molar refractivity (Wildman–Crippen MR) is 90.3 cm³/mol. The molecule has 0 spiro atoms. The molecule has 24 heavy (non-hydrogen) atoms. The van der Waals surface area contributed by atoms with Gasteiger partial charge in [-0.15, -0.1) is 0 Å². The second-order valence-corrected chi connectivity index (χ2v) is 5.24. The van der Waals surface area contributed by atoms with Crippen LogP contribution in [0.25, 0.3) is 0 Å². The Bertz CT molecular complexity index is 783. The van der Waals surface area contributed by atoms with Gasteiger partial charge in [-0.1, -0.05) is 12.1 Å². The van der Waals surface area contributed by atoms with E-state index < -0.39 is 0 Å². The van der Waals surface area contributed by atoms with Gasteiger partial charge in [-0.2, -0.15) is 5.26 Å². The number of amides is 1. The Morgan fingerprint density at radius 2 is 1.92 bits per heavy atom. The number of benzene rings is 2. The lowest BCUT2D eigenvalue weighted by atomic mass is 10.2. The van der Waals surface area contributed by atoms with Crippen molar-refractivity contribution in [3.8, 4) is 17.6 Å². The van der Waals surface area contributed by atoms with Crippen LogP contribution in [-0.4, -0.2) is 25.7 Å². The highest BCUT2D eigenvalue weighted by atomic mass is 16.6. The largest absolute Gasteiger partial charge is 0.486 e. The van der Waals surface area contributed by atoms with Crippen LogP contribution in [0.3, 0.4) is 0 Å². The van der Waals surface area contributed by atoms with Gasteiger partial charge in [0.15, 0.2) is 11.5 Å². The van der Waals surface area contributed by atoms with Gasteiger partial charge in [0, 0.05) is 24.7 Å². The minimum Gasteiger partial charge on any atom is -0.486 e. The van der Waals surface area contributed by atoms with Crippen LogP contribution in [0, 0.1) is 11.3 Å². The van der Waals surface area contributed by atoms with E-state index in [0.717, 1.165) is 5.69 Å². The molecule has 1 heterocycles. The van der Waals surface area contributed by atoms with E-state index in [4.69, 9.17) is 14.7 Å². The molecule has 6 nitrogen and oxygen atoms in total. The first-order chi connectivity index (χ1) is 11.8. The molecule has 0 saturated heterocycles. The van der Waals surface area contributed by atoms with E-state index in [0.29, 0.717) is 42.5 Å². The number of hydrogen-bond donors (Lipinski definition) is 2. The van der Waals surface area contributed by atoms with Crippen molar-refractivity contribution in [2.75, 3.05) is 30.4 Å². The van der Waals surface area contributed by atoms with Crippen molar-refractivity contribution in [3.63, 3.8) is 0 Å². The van der Waals surface area contributed by atoms with Crippen molar-refractivity contribution >= 4 is 17.3 Å². The van der Waals surface area contributed by atoms with Crippen LogP contribution in [0.4, 0.5) is 11.4 Å². The third-order valence-electron chi connectivity index (χ3n) is 3.54. The number of carbonyl (C=O) groups excluding carboxylic acids is 1. The molecule has 1 aliphatic rings. The molecular weight excluding hydrogens is 306 g/mol. The maximum absolute atomic E-state index is 12.0. The molecule has 0 bridgehead atoms. The highest BCUT2D eigenvalue weighted by Crippen LogP contribution is 2.32. The van der Waals surface area contributed by atoms with Gasteiger partial charge in [0.2, 0.25) is 5.91 Å². The van der Waals surface area contributed by atoms with Gasteiger partial charge in [0.05, 0.1) is 11.3 Å². The number of ether oxygens (including phenoxy) is 2. The number of fused-ring (bicyclic) bond motifs is 1. The van der Waals surface area contributed by atoms with Crippen LogP contribution in [0.5, 0.6) is 11.5 Å². The number of carbonyl (C=O) groups is 1. The fourth-order valence-electron chi connectivity index (χ4n) is 2.39. The molecule has 0 atom stereocenters. The van der Waals surface area contributed by atoms with E-state index in [1.165, 1.54) is 0 Å². The van der Waals surface area contributed by atoms with Crippen LogP contribution in [0.2, 0.25) is 0 Å². The number of para-hydroxylation sites is 1. The quantitative estimate of drug-likeness (QED) is 0.884. The van der Waals surface area contributed by atoms with E-state index in [-0.39, 0.29) is 12.3 Å². The van der Waals surface area contributed by atoms with Crippen LogP contribution in [0.1, 0.15) is 12.0 Å². The normalized spacial score (nSPS) is 12.1. The SMILES string of the molecule is N#Cc1ccccc1NCCC(=O)Nc1ccc2c(c1)OCCO2. The summed E-state index contributed by atoms with van der Waals surface area (Å²) >= 11 is 0. The van der Waals surface area contributed by atoms with Crippen LogP contribution < -0.4 is 20.1 Å². The zero-order valence-electron chi connectivity index (χ0n) is 13.0. The third kappa shape index (κ3) is 3.76. The van der Waals surface area contributed by atoms with E-state index in [1.54, 1.807) is 30.3 Å². The van der Waals surface area contributed by atoms with Crippen molar-refractivity contribution in [2.24, 2.45) is 0 Å². The molecule has 2 N–H and O–H groups in total. The summed E-state index contributed by atoms with van der Waals surface area (Å²) in [5.74, 6) is 1.21. The first-order valence-electron chi connectivity index (χ1n) is 7.69. The zero-order valence-corrected chi connectivity index (χ0v) is 13.0. The molecule has 0 fully saturated rings. The lowest BCUT2D eigenvalue weighted by molar-refractivity contribution is -0.115. The Balaban J connectivity index is 1.52. The lowest BCUT2D eigenvalue weighted by Crippen LogP contribution is -2.18. The summed E-state index contributed by atoms with van der Waals surface area (Å²) in [5.41, 5.74) is 1.96. The van der Waals surface area contributed by atoms with E-state index in [1.807, 2.05) is 12.1 Å². The van der Waals surface area contributed by atoms with Crippen molar-refractivity contribution in [1.29, 1.82) is 5.26 Å². The van der Waals surface area contributed by atoms with Gasteiger partial charge in [-0.25, -0.2) is 0 Å². The molecule has 2 aromatic rings. The monoisotopic (exact) mass is 323 g/mol. The molecule has 122 valence electrons. The van der Waals surface area contributed by atoms with Gasteiger partial charge < -0.3 is 20.1 Å². The number of rotatable bonds is 5. The summed E-state index contributed by atoms with van der Waals surface area (Å²) < 4.78 is 10.9. The summed E-state index contributed by atoms with van der Waals surface area (Å²) in [7, 11) is 0. The molecule has 2 aromatic carbocycles. The molecule has 6 heteroatoms. The summed E-state index contributed by atoms with van der Waals surface area (Å²) in [6, 6.07) is 14.6. The first kappa shape index (κ1) is 15.7. The van der Waals surface area contributed by atoms with E-state index in [2.05, 4.69) is 16.7 Å². The third-order valence-corrected chi connectivity index (χ3v) is 3.54. The number of nitrogens with zero attached hydrogens (tertiary/aromatic N) is 1. The first-order valence-corrected chi connectivity index (χ1v) is 7.69. The van der Waals surface area contributed by atoms with Gasteiger partial charge in [-0.3, -0.25) is 4.79 Å². The van der Waals surface area contributed by atoms with Crippen LogP contribution in [0.15, 0.2) is 42.5 Å². The molecule has 0 aromatic heterocycles. The molecular formula is C18H17N3O3. The van der Waals surface area contributed by atoms with Crippen molar-refractivity contribution in [3.05, 3.63) is 48.0 Å². The second kappa shape index (κ2) is 7.38. The topological polar surface area (TPSA) is 83.4 Å². The molecule has 1 amide bonds. The van der Waals surface area contributed by atoms with Crippen molar-refractivity contribution in [1.82, 2.24) is 0 Å². The Labute approximate surface area is 140 Å². The van der Waals surface area contributed by atoms with Gasteiger partial charge in [0.25, 0.3) is 0 Å². The summed E-state index contributed by atoms with van der Waals surface area (Å²) in [6.07, 6.45) is 0.286. The van der Waals surface area contributed by atoms with Gasteiger partial charge in [-0.05, 0) is 24.3 Å². The summed E-state index contributed by atoms with van der Waals surface area (Å²) in [5, 5.41) is 15.0. The number of nitriles is 1. The average molecular weight is 323 g/mol. The highest BCUT2D eigenvalue weighted by Gasteiger charge is 2.12. The van der Waals surface area contributed by atoms with Crippen LogP contribution in [-0.2, 0) is 4.79 Å².